The van der Waals surface area contributed by atoms with Crippen LogP contribution in [0.5, 0.6) is 0 Å². The van der Waals surface area contributed by atoms with E-state index in [1.165, 1.54) is 57.9 Å². The van der Waals surface area contributed by atoms with Crippen LogP contribution in [0.15, 0.2) is 72.9 Å². The monoisotopic (exact) mass is 355 g/mol. The molecule has 136 valence electrons. The Hall–Kier alpha value is -2.71. The summed E-state index contributed by atoms with van der Waals surface area (Å²) in [7, 11) is 0. The molecule has 0 bridgehead atoms. The van der Waals surface area contributed by atoms with Crippen LogP contribution in [0.2, 0.25) is 0 Å². The normalized spacial score (nSPS) is 15.3. The minimum absolute atomic E-state index is 0. The summed E-state index contributed by atoms with van der Waals surface area (Å²) in [6.45, 7) is 4.81. The van der Waals surface area contributed by atoms with Crippen LogP contribution in [0.4, 0.5) is 0 Å². The molecule has 1 aliphatic carbocycles. The molecule has 0 saturated carbocycles. The van der Waals surface area contributed by atoms with E-state index >= 15 is 0 Å². The number of aromatic nitrogens is 1. The highest BCUT2D eigenvalue weighted by molar-refractivity contribution is 5.95. The fourth-order valence-corrected chi connectivity index (χ4v) is 4.77. The molecule has 5 rings (SSSR count). The molecule has 0 amide bonds. The van der Waals surface area contributed by atoms with Crippen LogP contribution in [-0.4, -0.2) is 5.48 Å². The van der Waals surface area contributed by atoms with E-state index in [2.05, 4.69) is 91.2 Å². The number of nitrogens with zero attached hydrogens (tertiary/aromatic N) is 1. The first-order chi connectivity index (χ1) is 12.6. The maximum absolute atomic E-state index is 2.46. The van der Waals surface area contributed by atoms with Crippen LogP contribution in [0.25, 0.3) is 27.4 Å². The van der Waals surface area contributed by atoms with Crippen molar-refractivity contribution in [2.75, 3.05) is 0 Å². The fraction of sp³-hybridized carbons (Fsp3) is 0.240. The summed E-state index contributed by atoms with van der Waals surface area (Å²) in [6, 6.07) is 24.3. The standard InChI is InChI=1S/C25H24N.H2O/c1-25(2)15-8-13-21-22(18-9-4-3-5-10-18)17-23-20-12-7-6-11-19(20)14-16-26(23)24(21)25;/h3-7,9-12,14,16-17H,8,13,15H2,1-2H3;1H2/q+1;/p-1. The molecule has 0 fully saturated rings. The third-order valence-corrected chi connectivity index (χ3v) is 5.99. The van der Waals surface area contributed by atoms with Crippen molar-refractivity contribution in [1.82, 2.24) is 0 Å². The van der Waals surface area contributed by atoms with Crippen molar-refractivity contribution in [3.05, 3.63) is 84.2 Å². The van der Waals surface area contributed by atoms with Gasteiger partial charge in [-0.15, -0.1) is 0 Å². The van der Waals surface area contributed by atoms with Crippen LogP contribution < -0.4 is 4.40 Å². The van der Waals surface area contributed by atoms with E-state index in [9.17, 15) is 0 Å². The van der Waals surface area contributed by atoms with E-state index < -0.39 is 0 Å². The summed E-state index contributed by atoms with van der Waals surface area (Å²) < 4.78 is 2.46. The van der Waals surface area contributed by atoms with Gasteiger partial charge in [-0.3, -0.25) is 0 Å². The third kappa shape index (κ3) is 2.72. The number of fused-ring (bicyclic) bond motifs is 5. The molecule has 0 atom stereocenters. The lowest BCUT2D eigenvalue weighted by Gasteiger charge is -2.30. The minimum atomic E-state index is 0. The van der Waals surface area contributed by atoms with Crippen LogP contribution >= 0.6 is 0 Å². The van der Waals surface area contributed by atoms with Gasteiger partial charge < -0.3 is 5.48 Å². The topological polar surface area (TPSA) is 34.1 Å². The number of hydrogen-bond donors (Lipinski definition) is 0. The van der Waals surface area contributed by atoms with E-state index in [0.29, 0.717) is 0 Å². The second kappa shape index (κ2) is 6.47. The van der Waals surface area contributed by atoms with Gasteiger partial charge in [0.05, 0.1) is 10.8 Å². The molecule has 2 nitrogen and oxygen atoms in total. The van der Waals surface area contributed by atoms with E-state index in [1.54, 1.807) is 0 Å². The molecule has 0 saturated heterocycles. The molecule has 0 aliphatic heterocycles. The molecule has 27 heavy (non-hydrogen) atoms. The maximum atomic E-state index is 2.46. The summed E-state index contributed by atoms with van der Waals surface area (Å²) in [5.41, 5.74) is 7.26. The quantitative estimate of drug-likeness (QED) is 0.319. The number of pyridine rings is 2. The Labute approximate surface area is 160 Å². The molecule has 1 N–H and O–H groups in total. The van der Waals surface area contributed by atoms with Gasteiger partial charge in [0.15, 0.2) is 11.9 Å². The Morgan fingerprint density at radius 1 is 0.889 bits per heavy atom. The average Bonchev–Trinajstić information content (AvgIpc) is 2.67. The first-order valence-corrected chi connectivity index (χ1v) is 9.60. The van der Waals surface area contributed by atoms with Crippen LogP contribution in [0, 0.1) is 0 Å². The zero-order valence-electron chi connectivity index (χ0n) is 15.9. The zero-order chi connectivity index (χ0) is 17.7. The second-order valence-corrected chi connectivity index (χ2v) is 8.15. The van der Waals surface area contributed by atoms with Crippen molar-refractivity contribution in [1.29, 1.82) is 0 Å². The van der Waals surface area contributed by atoms with Crippen molar-refractivity contribution in [2.45, 2.75) is 38.5 Å². The number of benzene rings is 2. The van der Waals surface area contributed by atoms with Crippen molar-refractivity contribution in [3.8, 4) is 11.1 Å². The minimum Gasteiger partial charge on any atom is -0.870 e. The summed E-state index contributed by atoms with van der Waals surface area (Å²) in [5.74, 6) is 0. The third-order valence-electron chi connectivity index (χ3n) is 5.99. The van der Waals surface area contributed by atoms with Gasteiger partial charge in [0.2, 0.25) is 5.52 Å². The Morgan fingerprint density at radius 2 is 1.63 bits per heavy atom. The van der Waals surface area contributed by atoms with Gasteiger partial charge in [-0.25, -0.2) is 0 Å². The Morgan fingerprint density at radius 3 is 2.44 bits per heavy atom. The second-order valence-electron chi connectivity index (χ2n) is 8.15. The number of hydrogen-bond acceptors (Lipinski definition) is 1. The van der Waals surface area contributed by atoms with Gasteiger partial charge in [0.25, 0.3) is 0 Å². The maximum Gasteiger partial charge on any atom is 0.219 e. The van der Waals surface area contributed by atoms with Crippen molar-refractivity contribution < 1.29 is 9.88 Å². The molecule has 0 spiro atoms. The molecule has 2 aromatic heterocycles. The predicted octanol–water partition coefficient (Wildman–Crippen LogP) is 5.68. The average molecular weight is 355 g/mol. The zero-order valence-corrected chi connectivity index (χ0v) is 15.9. The van der Waals surface area contributed by atoms with Gasteiger partial charge in [-0.05, 0) is 55.7 Å². The molecule has 1 aliphatic rings. The van der Waals surface area contributed by atoms with Crippen LogP contribution in [0.3, 0.4) is 0 Å². The van der Waals surface area contributed by atoms with Gasteiger partial charge >= 0.3 is 0 Å². The Balaban J connectivity index is 0.00000180. The highest BCUT2D eigenvalue weighted by Crippen LogP contribution is 2.40. The molecule has 2 heterocycles. The van der Waals surface area contributed by atoms with Crippen LogP contribution in [-0.2, 0) is 11.8 Å². The lowest BCUT2D eigenvalue weighted by atomic mass is 9.73. The van der Waals surface area contributed by atoms with Gasteiger partial charge in [-0.1, -0.05) is 48.5 Å². The van der Waals surface area contributed by atoms with Gasteiger partial charge in [0.1, 0.15) is 0 Å². The lowest BCUT2D eigenvalue weighted by Crippen LogP contribution is -2.40. The highest BCUT2D eigenvalue weighted by Gasteiger charge is 2.38. The SMILES string of the molecule is CC1(C)CCCc2c(-c3ccccc3)cc3c4ccccc4cc[n+]3c21.[OH-]. The van der Waals surface area contributed by atoms with Crippen molar-refractivity contribution in [3.63, 3.8) is 0 Å². The van der Waals surface area contributed by atoms with Crippen molar-refractivity contribution in [2.24, 2.45) is 0 Å². The molecule has 0 unspecified atom stereocenters. The van der Waals surface area contributed by atoms with Crippen LogP contribution in [0.1, 0.15) is 37.9 Å². The van der Waals surface area contributed by atoms with Gasteiger partial charge in [0, 0.05) is 17.7 Å². The molecular formula is C25H25NO. The smallest absolute Gasteiger partial charge is 0.219 e. The molecule has 2 aromatic carbocycles. The molecule has 0 radical (unpaired) electrons. The Kier molecular flexibility index (Phi) is 4.24. The molecule has 2 heteroatoms. The van der Waals surface area contributed by atoms with E-state index in [0.717, 1.165) is 0 Å². The Bertz CT molecular complexity index is 1130. The fourth-order valence-electron chi connectivity index (χ4n) is 4.77. The summed E-state index contributed by atoms with van der Waals surface area (Å²) in [4.78, 5) is 0. The first kappa shape index (κ1) is 17.7. The molecular weight excluding hydrogens is 330 g/mol. The highest BCUT2D eigenvalue weighted by atomic mass is 16.0. The van der Waals surface area contributed by atoms with Crippen molar-refractivity contribution >= 4 is 16.3 Å². The van der Waals surface area contributed by atoms with E-state index in [1.807, 2.05) is 0 Å². The summed E-state index contributed by atoms with van der Waals surface area (Å²) in [6.07, 6.45) is 5.95. The summed E-state index contributed by atoms with van der Waals surface area (Å²) in [5, 5.41) is 2.64. The molecule has 4 aromatic rings. The van der Waals surface area contributed by atoms with E-state index in [-0.39, 0.29) is 10.9 Å². The summed E-state index contributed by atoms with van der Waals surface area (Å²) >= 11 is 0. The number of rotatable bonds is 1. The van der Waals surface area contributed by atoms with Gasteiger partial charge in [-0.2, -0.15) is 4.40 Å². The predicted molar refractivity (Wildman–Crippen MR) is 110 cm³/mol. The largest absolute Gasteiger partial charge is 0.870 e. The lowest BCUT2D eigenvalue weighted by molar-refractivity contribution is -0.527. The first-order valence-electron chi connectivity index (χ1n) is 9.60. The van der Waals surface area contributed by atoms with E-state index in [4.69, 9.17) is 0 Å².